The van der Waals surface area contributed by atoms with E-state index in [1.54, 1.807) is 12.1 Å². The number of ether oxygens (including phenoxy) is 1. The van der Waals surface area contributed by atoms with E-state index in [0.717, 1.165) is 12.1 Å². The van der Waals surface area contributed by atoms with Crippen LogP contribution in [0.5, 0.6) is 0 Å². The standard InChI is InChI=1S/C19H17BrF4O3S.C7H4BrFO/c1-18(28(25,26)14-4-2-3-13(10-14)19(22,23)24)7-8-27-17(11-18)12-5-6-15(20)16(21)9-12;8-6-2-1-5(4-10)3-7(6)9/h2-6,9-10,17H,7-8,11H2,1H3;1-4H. The molecule has 12 heteroatoms. The van der Waals surface area contributed by atoms with E-state index in [4.69, 9.17) is 4.74 Å². The lowest BCUT2D eigenvalue weighted by Crippen LogP contribution is -2.42. The van der Waals surface area contributed by atoms with E-state index in [9.17, 15) is 35.2 Å². The van der Waals surface area contributed by atoms with Crippen molar-refractivity contribution in [2.24, 2.45) is 0 Å². The number of hydrogen-bond acceptors (Lipinski definition) is 4. The van der Waals surface area contributed by atoms with Gasteiger partial charge >= 0.3 is 6.18 Å². The Balaban J connectivity index is 0.000000336. The predicted octanol–water partition coefficient (Wildman–Crippen LogP) is 8.09. The largest absolute Gasteiger partial charge is 0.416 e. The molecule has 204 valence electrons. The normalized spacial score (nSPS) is 19.8. The van der Waals surface area contributed by atoms with Crippen LogP contribution in [0.3, 0.4) is 0 Å². The maximum absolute atomic E-state index is 13.9. The van der Waals surface area contributed by atoms with Crippen LogP contribution in [0.25, 0.3) is 0 Å². The number of aldehydes is 1. The fraction of sp³-hybridized carbons (Fsp3) is 0.269. The third kappa shape index (κ3) is 6.88. The third-order valence-corrected chi connectivity index (χ3v) is 9.91. The highest BCUT2D eigenvalue weighted by Crippen LogP contribution is 2.43. The van der Waals surface area contributed by atoms with E-state index in [2.05, 4.69) is 31.9 Å². The van der Waals surface area contributed by atoms with Crippen molar-refractivity contribution in [1.29, 1.82) is 0 Å². The minimum atomic E-state index is -4.64. The summed E-state index contributed by atoms with van der Waals surface area (Å²) in [6.07, 6.45) is -4.58. The molecule has 4 rings (SSSR count). The Labute approximate surface area is 233 Å². The van der Waals surface area contributed by atoms with Gasteiger partial charge in [-0.05, 0) is 99.7 Å². The van der Waals surface area contributed by atoms with Crippen LogP contribution < -0.4 is 0 Å². The van der Waals surface area contributed by atoms with E-state index in [1.807, 2.05) is 0 Å². The quantitative estimate of drug-likeness (QED) is 0.206. The molecule has 2 atom stereocenters. The first kappa shape index (κ1) is 30.4. The highest BCUT2D eigenvalue weighted by atomic mass is 79.9. The van der Waals surface area contributed by atoms with Crippen molar-refractivity contribution in [3.8, 4) is 0 Å². The molecule has 0 radical (unpaired) electrons. The average Bonchev–Trinajstić information content (AvgIpc) is 2.87. The zero-order chi connectivity index (χ0) is 28.3. The zero-order valence-electron chi connectivity index (χ0n) is 19.7. The first-order valence-corrected chi connectivity index (χ1v) is 14.1. The molecule has 2 unspecified atom stereocenters. The summed E-state index contributed by atoms with van der Waals surface area (Å²) in [5, 5.41) is 0. The van der Waals surface area contributed by atoms with E-state index >= 15 is 0 Å². The molecule has 1 aliphatic heterocycles. The summed E-state index contributed by atoms with van der Waals surface area (Å²) >= 11 is 6.02. The molecule has 1 fully saturated rings. The van der Waals surface area contributed by atoms with Gasteiger partial charge in [0.1, 0.15) is 17.9 Å². The molecular formula is C26H21Br2F5O4S. The Kier molecular flexibility index (Phi) is 9.54. The number of sulfone groups is 1. The lowest BCUT2D eigenvalue weighted by Gasteiger charge is -2.38. The molecule has 1 aliphatic rings. The van der Waals surface area contributed by atoms with Gasteiger partial charge in [0.15, 0.2) is 9.84 Å². The Hall–Kier alpha value is -2.15. The van der Waals surface area contributed by atoms with Crippen molar-refractivity contribution in [2.45, 2.75) is 41.7 Å². The maximum Gasteiger partial charge on any atom is 0.416 e. The Morgan fingerprint density at radius 2 is 1.61 bits per heavy atom. The van der Waals surface area contributed by atoms with Crippen LogP contribution in [0.1, 0.15) is 47.4 Å². The van der Waals surface area contributed by atoms with Crippen molar-refractivity contribution in [2.75, 3.05) is 6.61 Å². The van der Waals surface area contributed by atoms with Crippen molar-refractivity contribution in [3.05, 3.63) is 97.9 Å². The summed E-state index contributed by atoms with van der Waals surface area (Å²) in [6, 6.07) is 12.3. The SMILES string of the molecule is CC1(S(=O)(=O)c2cccc(C(F)(F)F)c2)CCOC(c2ccc(Br)c(F)c2)C1.O=Cc1ccc(Br)c(F)c1. The molecule has 1 saturated heterocycles. The average molecular weight is 684 g/mol. The second kappa shape index (κ2) is 11.9. The van der Waals surface area contributed by atoms with E-state index in [0.29, 0.717) is 28.0 Å². The molecular weight excluding hydrogens is 663 g/mol. The number of carbonyl (C=O) groups excluding carboxylic acids is 1. The smallest absolute Gasteiger partial charge is 0.373 e. The van der Waals surface area contributed by atoms with Gasteiger partial charge in [-0.15, -0.1) is 0 Å². The molecule has 1 heterocycles. The number of hydrogen-bond donors (Lipinski definition) is 0. The molecule has 0 aromatic heterocycles. The van der Waals surface area contributed by atoms with Gasteiger partial charge in [-0.3, -0.25) is 4.79 Å². The monoisotopic (exact) mass is 682 g/mol. The summed E-state index contributed by atoms with van der Waals surface area (Å²) in [6.45, 7) is 1.59. The number of halogens is 7. The molecule has 0 N–H and O–H groups in total. The van der Waals surface area contributed by atoms with Crippen LogP contribution in [-0.2, 0) is 20.8 Å². The minimum absolute atomic E-state index is 0.00660. The molecule has 4 nitrogen and oxygen atoms in total. The van der Waals surface area contributed by atoms with Gasteiger partial charge < -0.3 is 4.74 Å². The molecule has 38 heavy (non-hydrogen) atoms. The van der Waals surface area contributed by atoms with Gasteiger partial charge in [0.05, 0.1) is 30.3 Å². The van der Waals surface area contributed by atoms with Crippen molar-refractivity contribution in [3.63, 3.8) is 0 Å². The van der Waals surface area contributed by atoms with Gasteiger partial charge in [0.2, 0.25) is 0 Å². The summed E-state index contributed by atoms with van der Waals surface area (Å²) in [5.41, 5.74) is -0.192. The maximum atomic E-state index is 13.9. The second-order valence-electron chi connectivity index (χ2n) is 8.76. The topological polar surface area (TPSA) is 60.4 Å². The number of rotatable bonds is 4. The number of benzene rings is 3. The zero-order valence-corrected chi connectivity index (χ0v) is 23.7. The first-order valence-electron chi connectivity index (χ1n) is 11.1. The van der Waals surface area contributed by atoms with Gasteiger partial charge in [-0.2, -0.15) is 13.2 Å². The summed E-state index contributed by atoms with van der Waals surface area (Å²) in [5.74, 6) is -0.918. The van der Waals surface area contributed by atoms with Crippen LogP contribution in [0.15, 0.2) is 74.5 Å². The Morgan fingerprint density at radius 3 is 2.18 bits per heavy atom. The lowest BCUT2D eigenvalue weighted by atomic mass is 9.92. The third-order valence-electron chi connectivity index (χ3n) is 6.08. The van der Waals surface area contributed by atoms with Crippen LogP contribution in [0, 0.1) is 11.6 Å². The summed E-state index contributed by atoms with van der Waals surface area (Å²) in [4.78, 5) is 9.71. The predicted molar refractivity (Wildman–Crippen MR) is 139 cm³/mol. The molecule has 3 aromatic carbocycles. The summed E-state index contributed by atoms with van der Waals surface area (Å²) in [7, 11) is -4.09. The molecule has 3 aromatic rings. The molecule has 0 amide bonds. The molecule has 0 aliphatic carbocycles. The van der Waals surface area contributed by atoms with Crippen molar-refractivity contribution >= 4 is 48.0 Å². The molecule has 0 bridgehead atoms. The fourth-order valence-corrected chi connectivity index (χ4v) is 6.18. The molecule has 0 spiro atoms. The van der Waals surface area contributed by atoms with Gasteiger partial charge in [0, 0.05) is 12.2 Å². The molecule has 0 saturated carbocycles. The van der Waals surface area contributed by atoms with Gasteiger partial charge in [0.25, 0.3) is 0 Å². The Bertz CT molecular complexity index is 1430. The van der Waals surface area contributed by atoms with Crippen LogP contribution in [0.2, 0.25) is 0 Å². The number of carbonyl (C=O) groups is 1. The van der Waals surface area contributed by atoms with Gasteiger partial charge in [-0.1, -0.05) is 18.2 Å². The fourth-order valence-electron chi connectivity index (χ4n) is 3.85. The van der Waals surface area contributed by atoms with Crippen molar-refractivity contribution < 1.29 is 39.9 Å². The van der Waals surface area contributed by atoms with Gasteiger partial charge in [-0.25, -0.2) is 17.2 Å². The highest BCUT2D eigenvalue weighted by molar-refractivity contribution is 9.10. The van der Waals surface area contributed by atoms with Crippen LogP contribution in [-0.4, -0.2) is 26.1 Å². The number of alkyl halides is 3. The van der Waals surface area contributed by atoms with E-state index in [-0.39, 0.29) is 28.8 Å². The highest BCUT2D eigenvalue weighted by Gasteiger charge is 2.45. The Morgan fingerprint density at radius 1 is 0.974 bits per heavy atom. The second-order valence-corrected chi connectivity index (χ2v) is 12.9. The summed E-state index contributed by atoms with van der Waals surface area (Å²) < 4.78 is 96.7. The van der Waals surface area contributed by atoms with E-state index < -0.39 is 44.1 Å². The van der Waals surface area contributed by atoms with E-state index in [1.165, 1.54) is 37.3 Å². The lowest BCUT2D eigenvalue weighted by molar-refractivity contribution is -0.137. The first-order chi connectivity index (χ1) is 17.7. The minimum Gasteiger partial charge on any atom is -0.373 e. The van der Waals surface area contributed by atoms with Crippen LogP contribution >= 0.6 is 31.9 Å². The van der Waals surface area contributed by atoms with Crippen molar-refractivity contribution in [1.82, 2.24) is 0 Å². The van der Waals surface area contributed by atoms with Crippen LogP contribution in [0.4, 0.5) is 22.0 Å².